The molecule has 0 unspecified atom stereocenters. The van der Waals surface area contributed by atoms with E-state index in [2.05, 4.69) is 10.6 Å². The van der Waals surface area contributed by atoms with Crippen molar-refractivity contribution < 1.29 is 10.2 Å². The molecule has 0 heterocycles. The molecule has 0 saturated carbocycles. The van der Waals surface area contributed by atoms with Crippen molar-refractivity contribution in [3.05, 3.63) is 48.5 Å². The molecule has 0 spiro atoms. The Morgan fingerprint density at radius 2 is 0.895 bits per heavy atom. The van der Waals surface area contributed by atoms with Crippen molar-refractivity contribution >= 4 is 11.4 Å². The average Bonchev–Trinajstić information content (AvgIpc) is 2.41. The van der Waals surface area contributed by atoms with Crippen LogP contribution in [0.4, 0.5) is 11.4 Å². The fourth-order valence-electron chi connectivity index (χ4n) is 1.26. The Kier molecular flexibility index (Phi) is 7.61. The number of phenolic OH excluding ortho intramolecular Hbond substituents is 2. The van der Waals surface area contributed by atoms with E-state index < -0.39 is 0 Å². The van der Waals surface area contributed by atoms with E-state index in [0.717, 1.165) is 11.4 Å². The highest BCUT2D eigenvalue weighted by Crippen LogP contribution is 2.12. The van der Waals surface area contributed by atoms with Crippen LogP contribution < -0.4 is 10.6 Å². The van der Waals surface area contributed by atoms with E-state index in [0.29, 0.717) is 11.5 Å². The van der Waals surface area contributed by atoms with Gasteiger partial charge in [-0.25, -0.2) is 0 Å². The Labute approximate surface area is 114 Å². The molecule has 0 aliphatic rings. The Bertz CT molecular complexity index is 407. The minimum atomic E-state index is 0. The van der Waals surface area contributed by atoms with Gasteiger partial charge in [0.2, 0.25) is 0 Å². The van der Waals surface area contributed by atoms with Crippen LogP contribution in [-0.4, -0.2) is 24.3 Å². The van der Waals surface area contributed by atoms with E-state index in [1.165, 1.54) is 0 Å². The van der Waals surface area contributed by atoms with Gasteiger partial charge in [0, 0.05) is 25.5 Å². The van der Waals surface area contributed by atoms with Crippen LogP contribution in [0.2, 0.25) is 0 Å². The van der Waals surface area contributed by atoms with E-state index in [9.17, 15) is 0 Å². The van der Waals surface area contributed by atoms with Crippen molar-refractivity contribution in [1.29, 1.82) is 0 Å². The summed E-state index contributed by atoms with van der Waals surface area (Å²) in [7, 11) is 3.68. The second kappa shape index (κ2) is 8.69. The standard InChI is InChI=1S/2C7H9NO.CH4/c2*1-8-6-2-4-7(9)5-3-6;/h2*2-5,8-9H,1H3;1H4. The molecule has 0 atom stereocenters. The molecular weight excluding hydrogens is 240 g/mol. The number of anilines is 2. The molecule has 0 aliphatic carbocycles. The summed E-state index contributed by atoms with van der Waals surface area (Å²) in [5.41, 5.74) is 2.01. The number of hydrogen-bond donors (Lipinski definition) is 4. The lowest BCUT2D eigenvalue weighted by molar-refractivity contribution is 0.475. The molecule has 2 rings (SSSR count). The molecule has 0 fully saturated rings. The van der Waals surface area contributed by atoms with Crippen LogP contribution in [0, 0.1) is 0 Å². The fourth-order valence-corrected chi connectivity index (χ4v) is 1.26. The van der Waals surface area contributed by atoms with E-state index >= 15 is 0 Å². The molecule has 19 heavy (non-hydrogen) atoms. The summed E-state index contributed by atoms with van der Waals surface area (Å²) in [5, 5.41) is 23.5. The lowest BCUT2D eigenvalue weighted by atomic mass is 10.3. The Morgan fingerprint density at radius 1 is 0.632 bits per heavy atom. The van der Waals surface area contributed by atoms with Crippen molar-refractivity contribution in [3.63, 3.8) is 0 Å². The minimum Gasteiger partial charge on any atom is -0.508 e. The van der Waals surface area contributed by atoms with Crippen LogP contribution in [0.3, 0.4) is 0 Å². The summed E-state index contributed by atoms with van der Waals surface area (Å²) >= 11 is 0. The van der Waals surface area contributed by atoms with Gasteiger partial charge in [-0.1, -0.05) is 7.43 Å². The molecule has 0 aliphatic heterocycles. The number of benzene rings is 2. The number of nitrogens with one attached hydrogen (secondary N) is 2. The second-order valence-electron chi connectivity index (χ2n) is 3.59. The van der Waals surface area contributed by atoms with Crippen molar-refractivity contribution in [3.8, 4) is 11.5 Å². The van der Waals surface area contributed by atoms with Crippen molar-refractivity contribution in [2.75, 3.05) is 24.7 Å². The van der Waals surface area contributed by atoms with Crippen LogP contribution in [0.1, 0.15) is 7.43 Å². The van der Waals surface area contributed by atoms with E-state index in [1.807, 2.05) is 38.4 Å². The first-order valence-electron chi connectivity index (χ1n) is 5.59. The maximum atomic E-state index is 8.82. The first-order valence-corrected chi connectivity index (χ1v) is 5.59. The highest BCUT2D eigenvalue weighted by atomic mass is 16.3. The topological polar surface area (TPSA) is 64.5 Å². The second-order valence-corrected chi connectivity index (χ2v) is 3.59. The summed E-state index contributed by atoms with van der Waals surface area (Å²) in [5.74, 6) is 0.600. The Balaban J connectivity index is 0.000000324. The van der Waals surface area contributed by atoms with Gasteiger partial charge in [-0.05, 0) is 48.5 Å². The smallest absolute Gasteiger partial charge is 0.115 e. The van der Waals surface area contributed by atoms with Crippen molar-refractivity contribution in [2.45, 2.75) is 7.43 Å². The molecule has 104 valence electrons. The van der Waals surface area contributed by atoms with E-state index in [-0.39, 0.29) is 7.43 Å². The highest BCUT2D eigenvalue weighted by molar-refractivity contribution is 5.45. The van der Waals surface area contributed by atoms with Gasteiger partial charge in [0.05, 0.1) is 0 Å². The van der Waals surface area contributed by atoms with Gasteiger partial charge in [-0.15, -0.1) is 0 Å². The summed E-state index contributed by atoms with van der Waals surface area (Å²) in [6.07, 6.45) is 0. The third-order valence-corrected chi connectivity index (χ3v) is 2.31. The third-order valence-electron chi connectivity index (χ3n) is 2.31. The number of rotatable bonds is 2. The Hall–Kier alpha value is -2.36. The molecule has 2 aromatic carbocycles. The van der Waals surface area contributed by atoms with Crippen molar-refractivity contribution in [1.82, 2.24) is 0 Å². The summed E-state index contributed by atoms with van der Waals surface area (Å²) in [6, 6.07) is 13.8. The van der Waals surface area contributed by atoms with Crippen LogP contribution in [0.15, 0.2) is 48.5 Å². The number of phenols is 2. The van der Waals surface area contributed by atoms with Gasteiger partial charge in [0.15, 0.2) is 0 Å². The minimum absolute atomic E-state index is 0. The average molecular weight is 262 g/mol. The highest BCUT2D eigenvalue weighted by Gasteiger charge is 1.86. The van der Waals surface area contributed by atoms with Crippen LogP contribution >= 0.6 is 0 Å². The summed E-state index contributed by atoms with van der Waals surface area (Å²) < 4.78 is 0. The molecule has 0 aromatic heterocycles. The maximum Gasteiger partial charge on any atom is 0.115 e. The molecule has 4 heteroatoms. The normalized spacial score (nSPS) is 8.53. The fraction of sp³-hybridized carbons (Fsp3) is 0.200. The number of hydrogen-bond acceptors (Lipinski definition) is 4. The summed E-state index contributed by atoms with van der Waals surface area (Å²) in [6.45, 7) is 0. The largest absolute Gasteiger partial charge is 0.508 e. The maximum absolute atomic E-state index is 8.82. The van der Waals surface area contributed by atoms with Gasteiger partial charge in [-0.2, -0.15) is 0 Å². The predicted octanol–water partition coefficient (Wildman–Crippen LogP) is 3.50. The Morgan fingerprint density at radius 3 is 1.11 bits per heavy atom. The molecular formula is C15H22N2O2. The molecule has 4 N–H and O–H groups in total. The van der Waals surface area contributed by atoms with Crippen LogP contribution in [0.5, 0.6) is 11.5 Å². The molecule has 2 aromatic rings. The molecule has 4 nitrogen and oxygen atoms in total. The van der Waals surface area contributed by atoms with Gasteiger partial charge in [0.1, 0.15) is 11.5 Å². The quantitative estimate of drug-likeness (QED) is 0.625. The van der Waals surface area contributed by atoms with Gasteiger partial charge in [0.25, 0.3) is 0 Å². The van der Waals surface area contributed by atoms with Crippen molar-refractivity contribution in [2.24, 2.45) is 0 Å². The van der Waals surface area contributed by atoms with E-state index in [4.69, 9.17) is 10.2 Å². The monoisotopic (exact) mass is 262 g/mol. The SMILES string of the molecule is C.CNc1ccc(O)cc1.CNc1ccc(O)cc1. The molecule has 0 amide bonds. The zero-order chi connectivity index (χ0) is 13.4. The molecule has 0 bridgehead atoms. The zero-order valence-corrected chi connectivity index (χ0v) is 10.5. The van der Waals surface area contributed by atoms with Gasteiger partial charge >= 0.3 is 0 Å². The first-order chi connectivity index (χ1) is 8.65. The molecule has 0 saturated heterocycles. The lowest BCUT2D eigenvalue weighted by Crippen LogP contribution is -1.84. The summed E-state index contributed by atoms with van der Waals surface area (Å²) in [4.78, 5) is 0. The predicted molar refractivity (Wildman–Crippen MR) is 82.0 cm³/mol. The van der Waals surface area contributed by atoms with Crippen LogP contribution in [-0.2, 0) is 0 Å². The lowest BCUT2D eigenvalue weighted by Gasteiger charge is -1.96. The third kappa shape index (κ3) is 6.21. The molecule has 0 radical (unpaired) electrons. The van der Waals surface area contributed by atoms with Gasteiger partial charge in [-0.3, -0.25) is 0 Å². The van der Waals surface area contributed by atoms with E-state index in [1.54, 1.807) is 24.3 Å². The van der Waals surface area contributed by atoms with Crippen LogP contribution in [0.25, 0.3) is 0 Å². The number of aromatic hydroxyl groups is 2. The first kappa shape index (κ1) is 16.6. The van der Waals surface area contributed by atoms with Gasteiger partial charge < -0.3 is 20.8 Å². The zero-order valence-electron chi connectivity index (χ0n) is 10.5.